The van der Waals surface area contributed by atoms with E-state index in [0.717, 1.165) is 22.2 Å². The van der Waals surface area contributed by atoms with Crippen molar-refractivity contribution < 1.29 is 5.11 Å². The largest absolute Gasteiger partial charge is 0.508 e. The molecule has 0 aliphatic carbocycles. The smallest absolute Gasteiger partial charge is 0.116 e. The van der Waals surface area contributed by atoms with Gasteiger partial charge in [0, 0.05) is 18.0 Å². The van der Waals surface area contributed by atoms with Crippen LogP contribution in [0.15, 0.2) is 42.5 Å². The highest BCUT2D eigenvalue weighted by atomic mass is 16.3. The predicted molar refractivity (Wildman–Crippen MR) is 72.2 cm³/mol. The molecule has 90 valence electrons. The molecule has 1 aromatic heterocycles. The predicted octanol–water partition coefficient (Wildman–Crippen LogP) is 2.53. The van der Waals surface area contributed by atoms with E-state index in [2.05, 4.69) is 5.10 Å². The minimum absolute atomic E-state index is 0.241. The average Bonchev–Trinajstić information content (AvgIpc) is 2.67. The number of nitrogen functional groups attached to an aromatic ring is 1. The molecule has 0 bridgehead atoms. The van der Waals surface area contributed by atoms with Gasteiger partial charge in [0.15, 0.2) is 0 Å². The molecule has 0 unspecified atom stereocenters. The van der Waals surface area contributed by atoms with Gasteiger partial charge in [0.2, 0.25) is 0 Å². The summed E-state index contributed by atoms with van der Waals surface area (Å²) in [7, 11) is 1.87. The molecular formula is C14H13N3O. The number of rotatable bonds is 1. The highest BCUT2D eigenvalue weighted by molar-refractivity contribution is 5.99. The molecule has 3 aromatic rings. The highest BCUT2D eigenvalue weighted by Crippen LogP contribution is 2.32. The zero-order chi connectivity index (χ0) is 12.7. The minimum atomic E-state index is 0.241. The lowest BCUT2D eigenvalue weighted by Gasteiger charge is -2.03. The van der Waals surface area contributed by atoms with Crippen LogP contribution in [0, 0.1) is 0 Å². The fourth-order valence-corrected chi connectivity index (χ4v) is 2.23. The number of benzene rings is 2. The first-order valence-corrected chi connectivity index (χ1v) is 5.67. The number of phenolic OH excluding ortho intramolecular Hbond substituents is 1. The van der Waals surface area contributed by atoms with Crippen molar-refractivity contribution in [2.24, 2.45) is 7.05 Å². The van der Waals surface area contributed by atoms with Gasteiger partial charge >= 0.3 is 0 Å². The summed E-state index contributed by atoms with van der Waals surface area (Å²) in [5.41, 5.74) is 9.25. The first-order chi connectivity index (χ1) is 8.66. The highest BCUT2D eigenvalue weighted by Gasteiger charge is 2.12. The maximum absolute atomic E-state index is 9.58. The van der Waals surface area contributed by atoms with Crippen molar-refractivity contribution in [1.82, 2.24) is 9.78 Å². The van der Waals surface area contributed by atoms with Crippen LogP contribution in [-0.4, -0.2) is 14.9 Å². The number of nitrogens with two attached hydrogens (primary N) is 1. The number of aromatic hydroxyl groups is 1. The summed E-state index contributed by atoms with van der Waals surface area (Å²) in [6.07, 6.45) is 0. The van der Waals surface area contributed by atoms with E-state index in [1.165, 1.54) is 0 Å². The Morgan fingerprint density at radius 3 is 2.72 bits per heavy atom. The zero-order valence-electron chi connectivity index (χ0n) is 9.96. The molecular weight excluding hydrogens is 226 g/mol. The Hall–Kier alpha value is -2.49. The first kappa shape index (κ1) is 10.7. The summed E-state index contributed by atoms with van der Waals surface area (Å²) in [4.78, 5) is 0. The molecule has 0 aliphatic heterocycles. The van der Waals surface area contributed by atoms with Crippen LogP contribution in [0.4, 0.5) is 5.69 Å². The maximum Gasteiger partial charge on any atom is 0.116 e. The van der Waals surface area contributed by atoms with E-state index in [0.29, 0.717) is 5.69 Å². The van der Waals surface area contributed by atoms with E-state index in [1.807, 2.05) is 37.4 Å². The second kappa shape index (κ2) is 3.77. The maximum atomic E-state index is 9.58. The van der Waals surface area contributed by atoms with Crippen LogP contribution >= 0.6 is 0 Å². The molecule has 0 atom stereocenters. The van der Waals surface area contributed by atoms with Crippen molar-refractivity contribution in [2.45, 2.75) is 0 Å². The number of hydrogen-bond acceptors (Lipinski definition) is 3. The summed E-state index contributed by atoms with van der Waals surface area (Å²) in [6.45, 7) is 0. The van der Waals surface area contributed by atoms with E-state index in [1.54, 1.807) is 16.8 Å². The molecule has 0 spiro atoms. The molecule has 0 saturated heterocycles. The van der Waals surface area contributed by atoms with Crippen LogP contribution in [0.2, 0.25) is 0 Å². The number of hydrogen-bond donors (Lipinski definition) is 2. The topological polar surface area (TPSA) is 64.1 Å². The van der Waals surface area contributed by atoms with Crippen molar-refractivity contribution in [3.05, 3.63) is 42.5 Å². The van der Waals surface area contributed by atoms with Gasteiger partial charge in [0.25, 0.3) is 0 Å². The number of phenols is 1. The van der Waals surface area contributed by atoms with Gasteiger partial charge in [-0.25, -0.2) is 0 Å². The van der Waals surface area contributed by atoms with Crippen molar-refractivity contribution in [3.8, 4) is 17.0 Å². The lowest BCUT2D eigenvalue weighted by Crippen LogP contribution is -1.93. The Morgan fingerprint density at radius 2 is 1.94 bits per heavy atom. The molecule has 3 N–H and O–H groups in total. The van der Waals surface area contributed by atoms with E-state index in [4.69, 9.17) is 5.73 Å². The summed E-state index contributed by atoms with van der Waals surface area (Å²) < 4.78 is 1.79. The van der Waals surface area contributed by atoms with Gasteiger partial charge < -0.3 is 10.8 Å². The number of fused-ring (bicyclic) bond motifs is 1. The van der Waals surface area contributed by atoms with Gasteiger partial charge in [0.1, 0.15) is 11.3 Å². The van der Waals surface area contributed by atoms with Gasteiger partial charge in [-0.15, -0.1) is 0 Å². The summed E-state index contributed by atoms with van der Waals surface area (Å²) in [5.74, 6) is 0.241. The second-order valence-electron chi connectivity index (χ2n) is 4.27. The summed E-state index contributed by atoms with van der Waals surface area (Å²) in [5, 5.41) is 15.0. The van der Waals surface area contributed by atoms with E-state index in [-0.39, 0.29) is 5.75 Å². The average molecular weight is 239 g/mol. The Kier molecular flexibility index (Phi) is 2.23. The van der Waals surface area contributed by atoms with Gasteiger partial charge in [-0.2, -0.15) is 5.10 Å². The minimum Gasteiger partial charge on any atom is -0.508 e. The number of aryl methyl sites for hydroxylation is 1. The molecule has 0 aliphatic rings. The molecule has 0 fully saturated rings. The molecule has 2 aromatic carbocycles. The van der Waals surface area contributed by atoms with Crippen molar-refractivity contribution in [2.75, 3.05) is 5.73 Å². The van der Waals surface area contributed by atoms with Crippen LogP contribution in [0.25, 0.3) is 22.2 Å². The lowest BCUT2D eigenvalue weighted by molar-refractivity contribution is 0.475. The van der Waals surface area contributed by atoms with E-state index < -0.39 is 0 Å². The third-order valence-corrected chi connectivity index (χ3v) is 3.02. The summed E-state index contributed by atoms with van der Waals surface area (Å²) in [6, 6.07) is 12.9. The lowest BCUT2D eigenvalue weighted by atomic mass is 10.1. The zero-order valence-corrected chi connectivity index (χ0v) is 9.96. The van der Waals surface area contributed by atoms with Gasteiger partial charge in [0.05, 0.1) is 11.4 Å². The third-order valence-electron chi connectivity index (χ3n) is 3.02. The van der Waals surface area contributed by atoms with Crippen molar-refractivity contribution in [3.63, 3.8) is 0 Å². The fourth-order valence-electron chi connectivity index (χ4n) is 2.23. The van der Waals surface area contributed by atoms with Crippen molar-refractivity contribution in [1.29, 1.82) is 0 Å². The summed E-state index contributed by atoms with van der Waals surface area (Å²) >= 11 is 0. The van der Waals surface area contributed by atoms with Crippen LogP contribution in [0.5, 0.6) is 5.75 Å². The van der Waals surface area contributed by atoms with Crippen LogP contribution in [0.3, 0.4) is 0 Å². The molecule has 0 amide bonds. The number of nitrogens with zero attached hydrogens (tertiary/aromatic N) is 2. The standard InChI is InChI=1S/C14H13N3O/c1-17-14(9-4-2-5-10(18)8-9)11-6-3-7-12(15)13(11)16-17/h2-8,18H,15H2,1H3. The number of aromatic nitrogens is 2. The quantitative estimate of drug-likeness (QED) is 0.641. The normalized spacial score (nSPS) is 10.9. The Labute approximate surface area is 104 Å². The second-order valence-corrected chi connectivity index (χ2v) is 4.27. The molecule has 18 heavy (non-hydrogen) atoms. The Bertz CT molecular complexity index is 731. The monoisotopic (exact) mass is 239 g/mol. The first-order valence-electron chi connectivity index (χ1n) is 5.67. The molecule has 1 heterocycles. The van der Waals surface area contributed by atoms with E-state index in [9.17, 15) is 5.11 Å². The fraction of sp³-hybridized carbons (Fsp3) is 0.0714. The van der Waals surface area contributed by atoms with Crippen LogP contribution < -0.4 is 5.73 Å². The molecule has 4 heteroatoms. The van der Waals surface area contributed by atoms with Gasteiger partial charge in [-0.3, -0.25) is 4.68 Å². The van der Waals surface area contributed by atoms with E-state index >= 15 is 0 Å². The SMILES string of the molecule is Cn1nc2c(N)cccc2c1-c1cccc(O)c1. The third kappa shape index (κ3) is 1.50. The van der Waals surface area contributed by atoms with Gasteiger partial charge in [-0.05, 0) is 18.2 Å². The number of anilines is 1. The van der Waals surface area contributed by atoms with Crippen LogP contribution in [-0.2, 0) is 7.05 Å². The Morgan fingerprint density at radius 1 is 1.17 bits per heavy atom. The Balaban J connectivity index is 2.36. The van der Waals surface area contributed by atoms with Crippen LogP contribution in [0.1, 0.15) is 0 Å². The van der Waals surface area contributed by atoms with Gasteiger partial charge in [-0.1, -0.05) is 24.3 Å². The van der Waals surface area contributed by atoms with Crippen molar-refractivity contribution >= 4 is 16.6 Å². The molecule has 4 nitrogen and oxygen atoms in total. The molecule has 3 rings (SSSR count). The molecule has 0 saturated carbocycles. The molecule has 0 radical (unpaired) electrons.